The number of phenols is 1. The number of aromatic hydroxyl groups is 1. The zero-order valence-corrected chi connectivity index (χ0v) is 10.7. The van der Waals surface area contributed by atoms with Gasteiger partial charge in [-0.05, 0) is 37.5 Å². The molecule has 1 aromatic carbocycles. The van der Waals surface area contributed by atoms with Crippen LogP contribution < -0.4 is 10.6 Å². The molecule has 0 bridgehead atoms. The normalized spacial score (nSPS) is 15.8. The summed E-state index contributed by atoms with van der Waals surface area (Å²) in [6.45, 7) is 2.23. The summed E-state index contributed by atoms with van der Waals surface area (Å²) in [6.07, 6.45) is 4.81. The smallest absolute Gasteiger partial charge is 0.238 e. The molecule has 0 spiro atoms. The Balaban J connectivity index is 1.84. The average molecular weight is 248 g/mol. The van der Waals surface area contributed by atoms with Crippen molar-refractivity contribution in [2.24, 2.45) is 0 Å². The van der Waals surface area contributed by atoms with Gasteiger partial charge < -0.3 is 15.7 Å². The molecule has 0 aliphatic heterocycles. The SMILES string of the molecule is Cc1ccc(O)c(NC(=O)CNC2CCCC2)c1. The second-order valence-electron chi connectivity index (χ2n) is 4.93. The number of carbonyl (C=O) groups excluding carboxylic acids is 1. The first kappa shape index (κ1) is 12.9. The van der Waals surface area contributed by atoms with E-state index in [9.17, 15) is 9.90 Å². The van der Waals surface area contributed by atoms with E-state index in [0.717, 1.165) is 18.4 Å². The molecule has 4 nitrogen and oxygen atoms in total. The summed E-state index contributed by atoms with van der Waals surface area (Å²) >= 11 is 0. The second-order valence-corrected chi connectivity index (χ2v) is 4.93. The molecule has 4 heteroatoms. The molecule has 1 aromatic rings. The number of anilines is 1. The Morgan fingerprint density at radius 3 is 2.83 bits per heavy atom. The van der Waals surface area contributed by atoms with E-state index in [1.165, 1.54) is 12.8 Å². The zero-order valence-electron chi connectivity index (χ0n) is 10.7. The van der Waals surface area contributed by atoms with Gasteiger partial charge in [0.2, 0.25) is 5.91 Å². The number of amides is 1. The maximum Gasteiger partial charge on any atom is 0.238 e. The number of carbonyl (C=O) groups is 1. The van der Waals surface area contributed by atoms with Crippen molar-refractivity contribution in [3.05, 3.63) is 23.8 Å². The number of hydrogen-bond acceptors (Lipinski definition) is 3. The van der Waals surface area contributed by atoms with Crippen molar-refractivity contribution in [3.63, 3.8) is 0 Å². The molecule has 0 atom stereocenters. The zero-order chi connectivity index (χ0) is 13.0. The van der Waals surface area contributed by atoms with Crippen molar-refractivity contribution in [3.8, 4) is 5.75 Å². The highest BCUT2D eigenvalue weighted by Crippen LogP contribution is 2.23. The third-order valence-corrected chi connectivity index (χ3v) is 3.33. The van der Waals surface area contributed by atoms with Gasteiger partial charge in [0.05, 0.1) is 12.2 Å². The van der Waals surface area contributed by atoms with Crippen molar-refractivity contribution < 1.29 is 9.90 Å². The van der Waals surface area contributed by atoms with E-state index in [0.29, 0.717) is 18.3 Å². The summed E-state index contributed by atoms with van der Waals surface area (Å²) in [5.41, 5.74) is 1.49. The summed E-state index contributed by atoms with van der Waals surface area (Å²) in [6, 6.07) is 5.64. The molecule has 2 rings (SSSR count). The van der Waals surface area contributed by atoms with Gasteiger partial charge in [-0.1, -0.05) is 18.9 Å². The summed E-state index contributed by atoms with van der Waals surface area (Å²) < 4.78 is 0. The van der Waals surface area contributed by atoms with Gasteiger partial charge in [0.25, 0.3) is 0 Å². The average Bonchev–Trinajstić information content (AvgIpc) is 2.84. The number of phenolic OH excluding ortho intramolecular Hbond substituents is 1. The van der Waals surface area contributed by atoms with E-state index in [4.69, 9.17) is 0 Å². The summed E-state index contributed by atoms with van der Waals surface area (Å²) in [4.78, 5) is 11.7. The molecule has 1 amide bonds. The van der Waals surface area contributed by atoms with Gasteiger partial charge in [0.15, 0.2) is 0 Å². The van der Waals surface area contributed by atoms with Gasteiger partial charge >= 0.3 is 0 Å². The second kappa shape index (κ2) is 5.87. The highest BCUT2D eigenvalue weighted by Gasteiger charge is 2.15. The molecule has 0 aromatic heterocycles. The van der Waals surface area contributed by atoms with Crippen LogP contribution in [0.25, 0.3) is 0 Å². The molecule has 3 N–H and O–H groups in total. The number of hydrogen-bond donors (Lipinski definition) is 3. The molecule has 18 heavy (non-hydrogen) atoms. The molecule has 0 unspecified atom stereocenters. The Labute approximate surface area is 107 Å². The number of benzene rings is 1. The predicted molar refractivity (Wildman–Crippen MR) is 71.7 cm³/mol. The lowest BCUT2D eigenvalue weighted by Gasteiger charge is -2.12. The molecule has 0 saturated heterocycles. The Morgan fingerprint density at radius 1 is 1.39 bits per heavy atom. The van der Waals surface area contributed by atoms with Crippen molar-refractivity contribution in [2.45, 2.75) is 38.6 Å². The Bertz CT molecular complexity index is 426. The van der Waals surface area contributed by atoms with Crippen LogP contribution in [0, 0.1) is 6.92 Å². The molecule has 98 valence electrons. The fourth-order valence-corrected chi connectivity index (χ4v) is 2.31. The summed E-state index contributed by atoms with van der Waals surface area (Å²) in [5, 5.41) is 15.6. The molecule has 1 aliphatic rings. The van der Waals surface area contributed by atoms with Crippen LogP contribution in [-0.2, 0) is 4.79 Å². The Hall–Kier alpha value is -1.55. The van der Waals surface area contributed by atoms with Crippen LogP contribution in [0.2, 0.25) is 0 Å². The van der Waals surface area contributed by atoms with Gasteiger partial charge in [-0.15, -0.1) is 0 Å². The molecule has 0 heterocycles. The van der Waals surface area contributed by atoms with Crippen LogP contribution in [-0.4, -0.2) is 23.6 Å². The fourth-order valence-electron chi connectivity index (χ4n) is 2.31. The van der Waals surface area contributed by atoms with E-state index >= 15 is 0 Å². The lowest BCUT2D eigenvalue weighted by atomic mass is 10.2. The van der Waals surface area contributed by atoms with Crippen LogP contribution in [0.4, 0.5) is 5.69 Å². The third-order valence-electron chi connectivity index (χ3n) is 3.33. The third kappa shape index (κ3) is 3.47. The van der Waals surface area contributed by atoms with Gasteiger partial charge in [0.1, 0.15) is 5.75 Å². The number of aryl methyl sites for hydroxylation is 1. The van der Waals surface area contributed by atoms with Crippen molar-refractivity contribution in [1.82, 2.24) is 5.32 Å². The first-order valence-electron chi connectivity index (χ1n) is 6.48. The fraction of sp³-hybridized carbons (Fsp3) is 0.500. The monoisotopic (exact) mass is 248 g/mol. The van der Waals surface area contributed by atoms with Gasteiger partial charge in [-0.3, -0.25) is 4.79 Å². The van der Waals surface area contributed by atoms with E-state index in [1.807, 2.05) is 13.0 Å². The van der Waals surface area contributed by atoms with E-state index in [-0.39, 0.29) is 11.7 Å². The maximum atomic E-state index is 11.7. The Morgan fingerprint density at radius 2 is 2.11 bits per heavy atom. The quantitative estimate of drug-likeness (QED) is 0.716. The lowest BCUT2D eigenvalue weighted by molar-refractivity contribution is -0.115. The largest absolute Gasteiger partial charge is 0.506 e. The predicted octanol–water partition coefficient (Wildman–Crippen LogP) is 2.17. The van der Waals surface area contributed by atoms with E-state index in [2.05, 4.69) is 10.6 Å². The summed E-state index contributed by atoms with van der Waals surface area (Å²) in [7, 11) is 0. The van der Waals surface area contributed by atoms with E-state index < -0.39 is 0 Å². The van der Waals surface area contributed by atoms with E-state index in [1.54, 1.807) is 12.1 Å². The minimum Gasteiger partial charge on any atom is -0.506 e. The van der Waals surface area contributed by atoms with Crippen molar-refractivity contribution >= 4 is 11.6 Å². The van der Waals surface area contributed by atoms with Gasteiger partial charge in [0, 0.05) is 6.04 Å². The number of nitrogens with one attached hydrogen (secondary N) is 2. The molecule has 1 fully saturated rings. The van der Waals surface area contributed by atoms with Crippen LogP contribution in [0.5, 0.6) is 5.75 Å². The molecular weight excluding hydrogens is 228 g/mol. The van der Waals surface area contributed by atoms with Crippen LogP contribution in [0.1, 0.15) is 31.2 Å². The minimum absolute atomic E-state index is 0.106. The molecule has 1 saturated carbocycles. The topological polar surface area (TPSA) is 61.4 Å². The molecule has 1 aliphatic carbocycles. The maximum absolute atomic E-state index is 11.7. The first-order chi connectivity index (χ1) is 8.65. The lowest BCUT2D eigenvalue weighted by Crippen LogP contribution is -2.34. The Kier molecular flexibility index (Phi) is 4.20. The van der Waals surface area contributed by atoms with Crippen molar-refractivity contribution in [1.29, 1.82) is 0 Å². The number of rotatable bonds is 4. The minimum atomic E-state index is -0.109. The van der Waals surface area contributed by atoms with Crippen molar-refractivity contribution in [2.75, 3.05) is 11.9 Å². The first-order valence-corrected chi connectivity index (χ1v) is 6.48. The van der Waals surface area contributed by atoms with Gasteiger partial charge in [-0.2, -0.15) is 0 Å². The highest BCUT2D eigenvalue weighted by molar-refractivity contribution is 5.93. The molecular formula is C14H20N2O2. The van der Waals surface area contributed by atoms with Crippen LogP contribution >= 0.6 is 0 Å². The summed E-state index contributed by atoms with van der Waals surface area (Å²) in [5.74, 6) is -0.00221. The highest BCUT2D eigenvalue weighted by atomic mass is 16.3. The van der Waals surface area contributed by atoms with Crippen LogP contribution in [0.15, 0.2) is 18.2 Å². The molecule has 0 radical (unpaired) electrons. The van der Waals surface area contributed by atoms with Crippen LogP contribution in [0.3, 0.4) is 0 Å². The standard InChI is InChI=1S/C14H20N2O2/c1-10-6-7-13(17)12(8-10)16-14(18)9-15-11-4-2-3-5-11/h6-8,11,15,17H,2-5,9H2,1H3,(H,16,18). The van der Waals surface area contributed by atoms with Gasteiger partial charge in [-0.25, -0.2) is 0 Å².